The van der Waals surface area contributed by atoms with Crippen LogP contribution in [0.25, 0.3) is 0 Å². The summed E-state index contributed by atoms with van der Waals surface area (Å²) in [6.45, 7) is 0.214. The minimum Gasteiger partial charge on any atom is -0.340 e. The Labute approximate surface area is 117 Å². The number of aromatic nitrogens is 4. The molecule has 1 aromatic heterocycles. The van der Waals surface area contributed by atoms with Gasteiger partial charge in [-0.2, -0.15) is 0 Å². The Hall–Kier alpha value is -1.83. The molecule has 0 bridgehead atoms. The topological polar surface area (TPSA) is 63.9 Å². The summed E-state index contributed by atoms with van der Waals surface area (Å²) < 4.78 is 15.7. The molecule has 0 N–H and O–H groups in total. The van der Waals surface area contributed by atoms with Gasteiger partial charge in [-0.25, -0.2) is 9.07 Å². The lowest BCUT2D eigenvalue weighted by atomic mass is 10.2. The van der Waals surface area contributed by atoms with Crippen LogP contribution in [0.5, 0.6) is 0 Å². The van der Waals surface area contributed by atoms with E-state index in [1.807, 2.05) is 0 Å². The number of amides is 1. The van der Waals surface area contributed by atoms with Crippen molar-refractivity contribution in [2.24, 2.45) is 0 Å². The van der Waals surface area contributed by atoms with Crippen molar-refractivity contribution in [1.82, 2.24) is 25.1 Å². The van der Waals surface area contributed by atoms with Gasteiger partial charge in [0.2, 0.25) is 5.91 Å². The highest BCUT2D eigenvalue weighted by Crippen LogP contribution is 2.16. The van der Waals surface area contributed by atoms with Crippen LogP contribution in [0.2, 0.25) is 0 Å². The van der Waals surface area contributed by atoms with Gasteiger partial charge in [0.1, 0.15) is 18.7 Å². The lowest BCUT2D eigenvalue weighted by molar-refractivity contribution is -0.131. The maximum atomic E-state index is 13.6. The molecule has 2 rings (SSSR count). The number of likely N-dealkylation sites (N-methyl/N-ethyl adjacent to an activating group) is 1. The molecule has 0 aliphatic carbocycles. The first-order valence-electron chi connectivity index (χ1n) is 5.45. The van der Waals surface area contributed by atoms with Crippen molar-refractivity contribution in [3.63, 3.8) is 0 Å². The molecular weight excluding hydrogens is 317 g/mol. The normalized spacial score (nSPS) is 10.5. The molecule has 0 unspecified atom stereocenters. The SMILES string of the molecule is CN(Cc1cc(Br)ccc1F)C(=O)Cn1cnnn1. The summed E-state index contributed by atoms with van der Waals surface area (Å²) in [6, 6.07) is 4.62. The van der Waals surface area contributed by atoms with E-state index in [0.717, 1.165) is 4.47 Å². The minimum absolute atomic E-state index is 0.0269. The summed E-state index contributed by atoms with van der Waals surface area (Å²) >= 11 is 3.27. The van der Waals surface area contributed by atoms with Crippen LogP contribution in [0.15, 0.2) is 29.0 Å². The smallest absolute Gasteiger partial charge is 0.244 e. The highest BCUT2D eigenvalue weighted by atomic mass is 79.9. The maximum Gasteiger partial charge on any atom is 0.244 e. The van der Waals surface area contributed by atoms with Gasteiger partial charge in [-0.05, 0) is 28.6 Å². The zero-order chi connectivity index (χ0) is 13.8. The van der Waals surface area contributed by atoms with Crippen molar-refractivity contribution in [3.05, 3.63) is 40.4 Å². The van der Waals surface area contributed by atoms with Gasteiger partial charge in [-0.1, -0.05) is 15.9 Å². The van der Waals surface area contributed by atoms with Crippen LogP contribution in [0.4, 0.5) is 4.39 Å². The molecule has 0 aliphatic heterocycles. The summed E-state index contributed by atoms with van der Waals surface area (Å²) in [7, 11) is 1.60. The van der Waals surface area contributed by atoms with E-state index in [1.165, 1.54) is 22.0 Å². The van der Waals surface area contributed by atoms with E-state index < -0.39 is 0 Å². The second-order valence-corrected chi connectivity index (χ2v) is 4.91. The fourth-order valence-electron chi connectivity index (χ4n) is 1.52. The van der Waals surface area contributed by atoms with Crippen molar-refractivity contribution < 1.29 is 9.18 Å². The molecule has 1 heterocycles. The van der Waals surface area contributed by atoms with Gasteiger partial charge >= 0.3 is 0 Å². The van der Waals surface area contributed by atoms with Gasteiger partial charge in [0, 0.05) is 23.6 Å². The molecule has 19 heavy (non-hydrogen) atoms. The molecule has 0 radical (unpaired) electrons. The first-order valence-corrected chi connectivity index (χ1v) is 6.24. The van der Waals surface area contributed by atoms with Crippen LogP contribution in [-0.4, -0.2) is 38.1 Å². The minimum atomic E-state index is -0.342. The van der Waals surface area contributed by atoms with E-state index in [1.54, 1.807) is 19.2 Å². The van der Waals surface area contributed by atoms with E-state index in [-0.39, 0.29) is 24.8 Å². The third-order valence-corrected chi connectivity index (χ3v) is 3.02. The van der Waals surface area contributed by atoms with Gasteiger partial charge in [0.15, 0.2) is 0 Å². The Morgan fingerprint density at radius 1 is 1.53 bits per heavy atom. The van der Waals surface area contributed by atoms with Crippen LogP contribution in [-0.2, 0) is 17.9 Å². The molecule has 0 spiro atoms. The predicted octanol–water partition coefficient (Wildman–Crippen LogP) is 1.23. The fraction of sp³-hybridized carbons (Fsp3) is 0.273. The number of benzene rings is 1. The molecule has 2 aromatic rings. The van der Waals surface area contributed by atoms with Crippen LogP contribution in [0, 0.1) is 5.82 Å². The molecular formula is C11H11BrFN5O. The number of hydrogen-bond donors (Lipinski definition) is 0. The Kier molecular flexibility index (Phi) is 4.20. The van der Waals surface area contributed by atoms with E-state index in [2.05, 4.69) is 31.5 Å². The van der Waals surface area contributed by atoms with Crippen molar-refractivity contribution in [2.45, 2.75) is 13.1 Å². The first-order chi connectivity index (χ1) is 9.06. The van der Waals surface area contributed by atoms with E-state index in [4.69, 9.17) is 0 Å². The zero-order valence-corrected chi connectivity index (χ0v) is 11.7. The van der Waals surface area contributed by atoms with Gasteiger partial charge in [-0.3, -0.25) is 4.79 Å². The average molecular weight is 328 g/mol. The highest BCUT2D eigenvalue weighted by molar-refractivity contribution is 9.10. The van der Waals surface area contributed by atoms with Crippen molar-refractivity contribution >= 4 is 21.8 Å². The lowest BCUT2D eigenvalue weighted by Crippen LogP contribution is -2.30. The monoisotopic (exact) mass is 327 g/mol. The molecule has 0 fully saturated rings. The predicted molar refractivity (Wildman–Crippen MR) is 68.4 cm³/mol. The third kappa shape index (κ3) is 3.57. The summed E-state index contributed by atoms with van der Waals surface area (Å²) in [5, 5.41) is 10.5. The Morgan fingerprint density at radius 3 is 3.00 bits per heavy atom. The van der Waals surface area contributed by atoms with Crippen LogP contribution in [0.3, 0.4) is 0 Å². The summed E-state index contributed by atoms with van der Waals surface area (Å²) in [4.78, 5) is 13.3. The second kappa shape index (κ2) is 5.87. The van der Waals surface area contributed by atoms with Gasteiger partial charge in [-0.15, -0.1) is 5.10 Å². The van der Waals surface area contributed by atoms with Crippen molar-refractivity contribution in [3.8, 4) is 0 Å². The Balaban J connectivity index is 2.02. The fourth-order valence-corrected chi connectivity index (χ4v) is 1.93. The molecule has 0 saturated carbocycles. The molecule has 1 amide bonds. The molecule has 8 heteroatoms. The van der Waals surface area contributed by atoms with Gasteiger partial charge < -0.3 is 4.90 Å². The molecule has 0 saturated heterocycles. The van der Waals surface area contributed by atoms with Crippen LogP contribution >= 0.6 is 15.9 Å². The lowest BCUT2D eigenvalue weighted by Gasteiger charge is -2.17. The molecule has 1 aromatic carbocycles. The standard InChI is InChI=1S/C11H11BrFN5O/c1-17(11(19)6-18-7-14-15-16-18)5-8-4-9(12)2-3-10(8)13/h2-4,7H,5-6H2,1H3. The van der Waals surface area contributed by atoms with E-state index in [9.17, 15) is 9.18 Å². The number of hydrogen-bond acceptors (Lipinski definition) is 4. The molecule has 100 valence electrons. The quantitative estimate of drug-likeness (QED) is 0.847. The number of halogens is 2. The Morgan fingerprint density at radius 2 is 2.32 bits per heavy atom. The largest absolute Gasteiger partial charge is 0.340 e. The third-order valence-electron chi connectivity index (χ3n) is 2.53. The zero-order valence-electron chi connectivity index (χ0n) is 10.1. The van der Waals surface area contributed by atoms with Crippen molar-refractivity contribution in [2.75, 3.05) is 7.05 Å². The number of nitrogens with zero attached hydrogens (tertiary/aromatic N) is 5. The van der Waals surface area contributed by atoms with Gasteiger partial charge in [0.05, 0.1) is 0 Å². The summed E-state index contributed by atoms with van der Waals surface area (Å²) in [6.07, 6.45) is 1.35. The average Bonchev–Trinajstić information content (AvgIpc) is 2.86. The summed E-state index contributed by atoms with van der Waals surface area (Å²) in [5.41, 5.74) is 0.446. The molecule has 6 nitrogen and oxygen atoms in total. The Bertz CT molecular complexity index is 574. The number of carbonyl (C=O) groups excluding carboxylic acids is 1. The van der Waals surface area contributed by atoms with Crippen molar-refractivity contribution in [1.29, 1.82) is 0 Å². The number of tetrazole rings is 1. The number of carbonyl (C=O) groups is 1. The number of rotatable bonds is 4. The van der Waals surface area contributed by atoms with Crippen LogP contribution in [0.1, 0.15) is 5.56 Å². The summed E-state index contributed by atoms with van der Waals surface area (Å²) in [5.74, 6) is -0.544. The van der Waals surface area contributed by atoms with Gasteiger partial charge in [0.25, 0.3) is 0 Å². The molecule has 0 atom stereocenters. The highest BCUT2D eigenvalue weighted by Gasteiger charge is 2.13. The van der Waals surface area contributed by atoms with Crippen LogP contribution < -0.4 is 0 Å². The maximum absolute atomic E-state index is 13.6. The first kappa shape index (κ1) is 13.6. The molecule has 0 aliphatic rings. The van der Waals surface area contributed by atoms with E-state index >= 15 is 0 Å². The van der Waals surface area contributed by atoms with E-state index in [0.29, 0.717) is 5.56 Å². The second-order valence-electron chi connectivity index (χ2n) is 3.99.